The highest BCUT2D eigenvalue weighted by atomic mass is 35.5. The van der Waals surface area contributed by atoms with E-state index in [0.717, 1.165) is 24.3 Å². The van der Waals surface area contributed by atoms with Gasteiger partial charge in [-0.15, -0.1) is 13.2 Å². The lowest BCUT2D eigenvalue weighted by molar-refractivity contribution is -0.274. The zero-order chi connectivity index (χ0) is 20.2. The molecular formula is C16H13ClF3NO5S. The molecule has 0 radical (unpaired) electrons. The molecule has 0 saturated heterocycles. The fraction of sp³-hybridized carbons (Fsp3) is 0.188. The minimum absolute atomic E-state index is 0.176. The van der Waals surface area contributed by atoms with Crippen LogP contribution in [0.25, 0.3) is 0 Å². The third kappa shape index (κ3) is 6.42. The van der Waals surface area contributed by atoms with Crippen LogP contribution >= 0.6 is 11.6 Å². The van der Waals surface area contributed by atoms with Gasteiger partial charge in [0, 0.05) is 5.02 Å². The molecule has 0 saturated carbocycles. The summed E-state index contributed by atoms with van der Waals surface area (Å²) in [6, 6.07) is 8.13. The van der Waals surface area contributed by atoms with E-state index in [2.05, 4.69) is 4.74 Å². The largest absolute Gasteiger partial charge is 0.573 e. The lowest BCUT2D eigenvalue weighted by Crippen LogP contribution is -2.42. The zero-order valence-corrected chi connectivity index (χ0v) is 15.0. The summed E-state index contributed by atoms with van der Waals surface area (Å²) in [4.78, 5) is 11.0. The van der Waals surface area contributed by atoms with Gasteiger partial charge in [-0.3, -0.25) is 4.79 Å². The smallest absolute Gasteiger partial charge is 0.480 e. The van der Waals surface area contributed by atoms with Gasteiger partial charge in [-0.1, -0.05) is 23.7 Å². The number of carbonyl (C=O) groups is 1. The predicted octanol–water partition coefficient (Wildman–Crippen LogP) is 3.21. The molecule has 6 nitrogen and oxygen atoms in total. The van der Waals surface area contributed by atoms with E-state index in [1.807, 2.05) is 4.72 Å². The first kappa shape index (κ1) is 21.0. The SMILES string of the molecule is O=C(O)C(Cc1cccc(Cl)c1)NS(=O)(=O)c1ccc(OC(F)(F)F)cc1. The van der Waals surface area contributed by atoms with Crippen molar-refractivity contribution in [3.63, 3.8) is 0 Å². The summed E-state index contributed by atoms with van der Waals surface area (Å²) < 4.78 is 66.8. The molecule has 0 spiro atoms. The molecule has 0 aliphatic rings. The molecule has 0 aromatic heterocycles. The van der Waals surface area contributed by atoms with Crippen molar-refractivity contribution in [3.05, 3.63) is 59.1 Å². The molecule has 0 amide bonds. The number of rotatable bonds is 7. The molecule has 0 aliphatic heterocycles. The van der Waals surface area contributed by atoms with Gasteiger partial charge < -0.3 is 9.84 Å². The number of halogens is 4. The molecule has 1 atom stereocenters. The Kier molecular flexibility index (Phi) is 6.34. The van der Waals surface area contributed by atoms with Crippen molar-refractivity contribution in [1.82, 2.24) is 4.72 Å². The van der Waals surface area contributed by atoms with Crippen LogP contribution in [-0.2, 0) is 21.2 Å². The summed E-state index contributed by atoms with van der Waals surface area (Å²) in [5.41, 5.74) is 0.492. The van der Waals surface area contributed by atoms with Crippen molar-refractivity contribution in [3.8, 4) is 5.75 Å². The molecular weight excluding hydrogens is 411 g/mol. The van der Waals surface area contributed by atoms with Crippen LogP contribution in [0.2, 0.25) is 5.02 Å². The van der Waals surface area contributed by atoms with E-state index in [9.17, 15) is 31.5 Å². The lowest BCUT2D eigenvalue weighted by atomic mass is 10.1. The van der Waals surface area contributed by atoms with E-state index in [1.165, 1.54) is 6.07 Å². The highest BCUT2D eigenvalue weighted by molar-refractivity contribution is 7.89. The number of sulfonamides is 1. The number of aliphatic carboxylic acids is 1. The molecule has 2 N–H and O–H groups in total. The van der Waals surface area contributed by atoms with Gasteiger partial charge in [0.15, 0.2) is 0 Å². The van der Waals surface area contributed by atoms with Gasteiger partial charge in [-0.05, 0) is 48.4 Å². The third-order valence-electron chi connectivity index (χ3n) is 3.29. The van der Waals surface area contributed by atoms with Crippen molar-refractivity contribution < 1.29 is 36.2 Å². The van der Waals surface area contributed by atoms with Crippen LogP contribution in [0.3, 0.4) is 0 Å². The third-order valence-corrected chi connectivity index (χ3v) is 5.01. The van der Waals surface area contributed by atoms with Gasteiger partial charge in [0.1, 0.15) is 11.8 Å². The van der Waals surface area contributed by atoms with Gasteiger partial charge in [-0.25, -0.2) is 8.42 Å². The molecule has 2 aromatic rings. The maximum absolute atomic E-state index is 12.3. The second-order valence-corrected chi connectivity index (χ2v) is 7.52. The number of hydrogen-bond acceptors (Lipinski definition) is 4. The zero-order valence-electron chi connectivity index (χ0n) is 13.4. The molecule has 0 fully saturated rings. The Morgan fingerprint density at radius 1 is 1.19 bits per heavy atom. The second kappa shape index (κ2) is 8.15. The number of benzene rings is 2. The second-order valence-electron chi connectivity index (χ2n) is 5.37. The number of ether oxygens (including phenoxy) is 1. The fourth-order valence-corrected chi connectivity index (χ4v) is 3.56. The monoisotopic (exact) mass is 423 g/mol. The highest BCUT2D eigenvalue weighted by Crippen LogP contribution is 2.24. The fourth-order valence-electron chi connectivity index (χ4n) is 2.15. The van der Waals surface area contributed by atoms with Crippen LogP contribution in [0.5, 0.6) is 5.75 Å². The molecule has 0 aliphatic carbocycles. The Hall–Kier alpha value is -2.30. The summed E-state index contributed by atoms with van der Waals surface area (Å²) in [6.07, 6.45) is -5.09. The number of hydrogen-bond donors (Lipinski definition) is 2. The van der Waals surface area contributed by atoms with Gasteiger partial charge in [-0.2, -0.15) is 4.72 Å². The summed E-state index contributed by atoms with van der Waals surface area (Å²) in [5.74, 6) is -2.02. The van der Waals surface area contributed by atoms with Crippen molar-refractivity contribution in [1.29, 1.82) is 0 Å². The number of nitrogens with one attached hydrogen (secondary N) is 1. The molecule has 1 unspecified atom stereocenters. The molecule has 0 bridgehead atoms. The van der Waals surface area contributed by atoms with Crippen molar-refractivity contribution in [2.45, 2.75) is 23.7 Å². The van der Waals surface area contributed by atoms with E-state index in [-0.39, 0.29) is 6.42 Å². The van der Waals surface area contributed by atoms with Crippen LogP contribution in [0.1, 0.15) is 5.56 Å². The number of alkyl halides is 3. The average Bonchev–Trinajstić information content (AvgIpc) is 2.53. The summed E-state index contributed by atoms with van der Waals surface area (Å²) in [7, 11) is -4.30. The Bertz CT molecular complexity index is 916. The molecule has 11 heteroatoms. The first-order chi connectivity index (χ1) is 12.5. The maximum atomic E-state index is 12.3. The van der Waals surface area contributed by atoms with Crippen LogP contribution < -0.4 is 9.46 Å². The highest BCUT2D eigenvalue weighted by Gasteiger charge is 2.31. The van der Waals surface area contributed by atoms with Gasteiger partial charge in [0.25, 0.3) is 0 Å². The Morgan fingerprint density at radius 3 is 2.33 bits per heavy atom. The van der Waals surface area contributed by atoms with E-state index >= 15 is 0 Å². The Balaban J connectivity index is 2.17. The molecule has 2 rings (SSSR count). The lowest BCUT2D eigenvalue weighted by Gasteiger charge is -2.15. The van der Waals surface area contributed by atoms with Crippen LogP contribution in [0.15, 0.2) is 53.4 Å². The van der Waals surface area contributed by atoms with E-state index < -0.39 is 39.0 Å². The van der Waals surface area contributed by atoms with Crippen molar-refractivity contribution >= 4 is 27.6 Å². The molecule has 146 valence electrons. The molecule has 2 aromatic carbocycles. The normalized spacial score (nSPS) is 13.2. The minimum atomic E-state index is -4.91. The van der Waals surface area contributed by atoms with Crippen LogP contribution in [0, 0.1) is 0 Å². The van der Waals surface area contributed by atoms with Gasteiger partial charge >= 0.3 is 12.3 Å². The summed E-state index contributed by atoms with van der Waals surface area (Å²) in [5, 5.41) is 9.64. The maximum Gasteiger partial charge on any atom is 0.573 e. The van der Waals surface area contributed by atoms with E-state index in [0.29, 0.717) is 10.6 Å². The van der Waals surface area contributed by atoms with Gasteiger partial charge in [0.05, 0.1) is 4.90 Å². The predicted molar refractivity (Wildman–Crippen MR) is 90.0 cm³/mol. The molecule has 0 heterocycles. The number of carboxylic acid groups (broad SMARTS) is 1. The number of carboxylic acids is 1. The standard InChI is InChI=1S/C16H13ClF3NO5S/c17-11-3-1-2-10(8-11)9-14(15(22)23)21-27(24,25)13-6-4-12(5-7-13)26-16(18,19)20/h1-8,14,21H,9H2,(H,22,23). The van der Waals surface area contributed by atoms with Crippen LogP contribution in [-0.4, -0.2) is 31.9 Å². The first-order valence-electron chi connectivity index (χ1n) is 7.32. The Morgan fingerprint density at radius 2 is 1.81 bits per heavy atom. The summed E-state index contributed by atoms with van der Waals surface area (Å²) >= 11 is 5.82. The van der Waals surface area contributed by atoms with Crippen molar-refractivity contribution in [2.75, 3.05) is 0 Å². The van der Waals surface area contributed by atoms with E-state index in [4.69, 9.17) is 11.6 Å². The molecule has 27 heavy (non-hydrogen) atoms. The quantitative estimate of drug-likeness (QED) is 0.713. The van der Waals surface area contributed by atoms with Crippen LogP contribution in [0.4, 0.5) is 13.2 Å². The van der Waals surface area contributed by atoms with Gasteiger partial charge in [0.2, 0.25) is 10.0 Å². The Labute approximate surface area is 157 Å². The minimum Gasteiger partial charge on any atom is -0.480 e. The topological polar surface area (TPSA) is 92.7 Å². The van der Waals surface area contributed by atoms with Crippen molar-refractivity contribution in [2.24, 2.45) is 0 Å². The summed E-state index contributed by atoms with van der Waals surface area (Å²) in [6.45, 7) is 0. The average molecular weight is 424 g/mol. The van der Waals surface area contributed by atoms with E-state index in [1.54, 1.807) is 18.2 Å². The first-order valence-corrected chi connectivity index (χ1v) is 9.18.